The van der Waals surface area contributed by atoms with Crippen LogP contribution in [0.25, 0.3) is 21.8 Å². The molecule has 3 aromatic carbocycles. The van der Waals surface area contributed by atoms with E-state index in [1.807, 2.05) is 73.1 Å². The van der Waals surface area contributed by atoms with Crippen LogP contribution >= 0.6 is 0 Å². The van der Waals surface area contributed by atoms with Crippen LogP contribution < -0.4 is 14.2 Å². The molecule has 192 valence electrons. The average Bonchev–Trinajstić information content (AvgIpc) is 3.63. The Morgan fingerprint density at radius 3 is 1.55 bits per heavy atom. The SMILES string of the molecule is COc1ccc(CN2C(=O)C(c3c[nH]c4ccc(OC)cc34)C(c3c[nH]c4ccc(OC)cc34)C2=O)cc1. The van der Waals surface area contributed by atoms with Crippen molar-refractivity contribution in [3.63, 3.8) is 0 Å². The smallest absolute Gasteiger partial charge is 0.238 e. The molecule has 2 N–H and O–H groups in total. The van der Waals surface area contributed by atoms with Gasteiger partial charge >= 0.3 is 0 Å². The molecule has 0 saturated carbocycles. The van der Waals surface area contributed by atoms with Crippen molar-refractivity contribution in [2.24, 2.45) is 0 Å². The Bertz CT molecular complexity index is 1570. The first-order chi connectivity index (χ1) is 18.5. The third kappa shape index (κ3) is 3.76. The molecule has 1 aliphatic heterocycles. The minimum Gasteiger partial charge on any atom is -0.497 e. The fraction of sp³-hybridized carbons (Fsp3) is 0.200. The van der Waals surface area contributed by atoms with Gasteiger partial charge in [0.25, 0.3) is 0 Å². The number of hydrogen-bond donors (Lipinski definition) is 2. The van der Waals surface area contributed by atoms with Crippen molar-refractivity contribution in [2.75, 3.05) is 21.3 Å². The number of aromatic nitrogens is 2. The van der Waals surface area contributed by atoms with Gasteiger partial charge in [-0.15, -0.1) is 0 Å². The zero-order valence-electron chi connectivity index (χ0n) is 21.3. The maximum Gasteiger partial charge on any atom is 0.238 e. The lowest BCUT2D eigenvalue weighted by atomic mass is 9.83. The molecule has 2 amide bonds. The minimum atomic E-state index is -0.716. The van der Waals surface area contributed by atoms with Gasteiger partial charge < -0.3 is 24.2 Å². The quantitative estimate of drug-likeness (QED) is 0.297. The van der Waals surface area contributed by atoms with Crippen LogP contribution in [-0.2, 0) is 16.1 Å². The summed E-state index contributed by atoms with van der Waals surface area (Å²) in [5, 5.41) is 1.70. The molecule has 8 nitrogen and oxygen atoms in total. The van der Waals surface area contributed by atoms with Crippen LogP contribution in [0.5, 0.6) is 17.2 Å². The number of methoxy groups -OCH3 is 3. The normalized spacial score (nSPS) is 17.5. The van der Waals surface area contributed by atoms with E-state index < -0.39 is 11.8 Å². The monoisotopic (exact) mass is 509 g/mol. The second kappa shape index (κ2) is 9.30. The van der Waals surface area contributed by atoms with Gasteiger partial charge in [-0.1, -0.05) is 12.1 Å². The Morgan fingerprint density at radius 2 is 1.11 bits per heavy atom. The molecule has 3 heterocycles. The summed E-state index contributed by atoms with van der Waals surface area (Å²) >= 11 is 0. The van der Waals surface area contributed by atoms with Crippen molar-refractivity contribution in [2.45, 2.75) is 18.4 Å². The molecule has 0 aliphatic carbocycles. The predicted octanol–water partition coefficient (Wildman–Crippen LogP) is 5.11. The average molecular weight is 510 g/mol. The second-order valence-corrected chi connectivity index (χ2v) is 9.38. The van der Waals surface area contributed by atoms with Gasteiger partial charge in [0.1, 0.15) is 17.2 Å². The number of amides is 2. The summed E-state index contributed by atoms with van der Waals surface area (Å²) in [6.07, 6.45) is 3.67. The van der Waals surface area contributed by atoms with E-state index in [1.54, 1.807) is 21.3 Å². The number of hydrogen-bond acceptors (Lipinski definition) is 5. The second-order valence-electron chi connectivity index (χ2n) is 9.38. The van der Waals surface area contributed by atoms with Crippen LogP contribution in [0.3, 0.4) is 0 Å². The molecule has 1 fully saturated rings. The van der Waals surface area contributed by atoms with Crippen molar-refractivity contribution in [1.29, 1.82) is 0 Å². The molecule has 2 aromatic heterocycles. The number of nitrogens with zero attached hydrogens (tertiary/aromatic N) is 1. The Labute approximate surface area is 219 Å². The first-order valence-electron chi connectivity index (χ1n) is 12.3. The van der Waals surface area contributed by atoms with Gasteiger partial charge in [-0.05, 0) is 65.2 Å². The highest BCUT2D eigenvalue weighted by atomic mass is 16.5. The summed E-state index contributed by atoms with van der Waals surface area (Å²) in [7, 11) is 4.82. The van der Waals surface area contributed by atoms with Crippen molar-refractivity contribution in [3.05, 3.63) is 89.7 Å². The van der Waals surface area contributed by atoms with E-state index in [9.17, 15) is 9.59 Å². The summed E-state index contributed by atoms with van der Waals surface area (Å²) in [5.41, 5.74) is 4.10. The lowest BCUT2D eigenvalue weighted by molar-refractivity contribution is -0.139. The molecule has 8 heteroatoms. The fourth-order valence-corrected chi connectivity index (χ4v) is 5.44. The van der Waals surface area contributed by atoms with Crippen LogP contribution in [0.4, 0.5) is 0 Å². The molecular formula is C30H27N3O5. The van der Waals surface area contributed by atoms with Crippen LogP contribution in [0.15, 0.2) is 73.1 Å². The minimum absolute atomic E-state index is 0.173. The van der Waals surface area contributed by atoms with Gasteiger partial charge in [0.05, 0.1) is 39.7 Å². The topological polar surface area (TPSA) is 96.7 Å². The van der Waals surface area contributed by atoms with Gasteiger partial charge in [0.15, 0.2) is 0 Å². The van der Waals surface area contributed by atoms with E-state index in [4.69, 9.17) is 14.2 Å². The Morgan fingerprint density at radius 1 is 0.658 bits per heavy atom. The third-order valence-electron chi connectivity index (χ3n) is 7.41. The molecule has 2 unspecified atom stereocenters. The van der Waals surface area contributed by atoms with E-state index in [0.29, 0.717) is 17.2 Å². The Balaban J connectivity index is 1.49. The van der Waals surface area contributed by atoms with E-state index in [1.165, 1.54) is 4.90 Å². The maximum atomic E-state index is 14.1. The van der Waals surface area contributed by atoms with Gasteiger partial charge in [-0.3, -0.25) is 14.5 Å². The molecule has 1 aliphatic rings. The van der Waals surface area contributed by atoms with E-state index in [0.717, 1.165) is 38.5 Å². The number of carbonyl (C=O) groups is 2. The first kappa shape index (κ1) is 23.7. The summed E-state index contributed by atoms with van der Waals surface area (Å²) in [6.45, 7) is 0.173. The number of rotatable bonds is 7. The maximum absolute atomic E-state index is 14.1. The number of fused-ring (bicyclic) bond motifs is 2. The molecule has 1 saturated heterocycles. The van der Waals surface area contributed by atoms with Gasteiger partial charge in [0, 0.05) is 34.2 Å². The van der Waals surface area contributed by atoms with E-state index in [2.05, 4.69) is 9.97 Å². The summed E-state index contributed by atoms with van der Waals surface area (Å²) in [5.74, 6) is 0.161. The number of ether oxygens (including phenoxy) is 3. The van der Waals surface area contributed by atoms with Crippen LogP contribution in [0.1, 0.15) is 28.5 Å². The lowest BCUT2D eigenvalue weighted by Gasteiger charge is -2.15. The van der Waals surface area contributed by atoms with Crippen molar-refractivity contribution >= 4 is 33.6 Å². The van der Waals surface area contributed by atoms with Crippen LogP contribution in [-0.4, -0.2) is 48.0 Å². The van der Waals surface area contributed by atoms with Crippen molar-refractivity contribution in [3.8, 4) is 17.2 Å². The van der Waals surface area contributed by atoms with E-state index in [-0.39, 0.29) is 18.4 Å². The molecule has 5 aromatic rings. The standard InChI is InChI=1S/C30H27N3O5/c1-36-18-6-4-17(5-7-18)16-33-29(34)27(23-14-31-25-10-8-19(37-2)12-21(23)25)28(30(33)35)24-15-32-26-11-9-20(38-3)13-22(24)26/h4-15,27-28,31-32H,16H2,1-3H3. The third-order valence-corrected chi connectivity index (χ3v) is 7.41. The number of aromatic amines is 2. The summed E-state index contributed by atoms with van der Waals surface area (Å²) in [6, 6.07) is 18.8. The molecule has 38 heavy (non-hydrogen) atoms. The van der Waals surface area contributed by atoms with Gasteiger partial charge in [-0.25, -0.2) is 0 Å². The Hall–Kier alpha value is -4.72. The van der Waals surface area contributed by atoms with Crippen LogP contribution in [0.2, 0.25) is 0 Å². The van der Waals surface area contributed by atoms with E-state index >= 15 is 0 Å². The highest BCUT2D eigenvalue weighted by molar-refractivity contribution is 6.13. The van der Waals surface area contributed by atoms with Crippen molar-refractivity contribution < 1.29 is 23.8 Å². The van der Waals surface area contributed by atoms with Gasteiger partial charge in [0.2, 0.25) is 11.8 Å². The number of H-pyrrole nitrogens is 2. The molecule has 2 atom stereocenters. The largest absolute Gasteiger partial charge is 0.497 e. The molecule has 0 bridgehead atoms. The van der Waals surface area contributed by atoms with Crippen molar-refractivity contribution in [1.82, 2.24) is 14.9 Å². The summed E-state index contributed by atoms with van der Waals surface area (Å²) < 4.78 is 16.2. The van der Waals surface area contributed by atoms with Crippen LogP contribution in [0, 0.1) is 0 Å². The Kier molecular flexibility index (Phi) is 5.79. The fourth-order valence-electron chi connectivity index (χ4n) is 5.44. The summed E-state index contributed by atoms with van der Waals surface area (Å²) in [4.78, 5) is 36.1. The molecule has 6 rings (SSSR count). The number of nitrogens with one attached hydrogen (secondary N) is 2. The number of carbonyl (C=O) groups excluding carboxylic acids is 2. The lowest BCUT2D eigenvalue weighted by Crippen LogP contribution is -2.30. The highest BCUT2D eigenvalue weighted by Gasteiger charge is 2.50. The molecular weight excluding hydrogens is 482 g/mol. The van der Waals surface area contributed by atoms with Gasteiger partial charge in [-0.2, -0.15) is 0 Å². The zero-order valence-corrected chi connectivity index (χ0v) is 21.3. The molecule has 0 spiro atoms. The zero-order chi connectivity index (χ0) is 26.4. The number of likely N-dealkylation sites (tertiary alicyclic amines) is 1. The predicted molar refractivity (Wildman–Crippen MR) is 144 cm³/mol. The first-order valence-corrected chi connectivity index (χ1v) is 12.3. The number of imide groups is 1. The number of benzene rings is 3. The highest BCUT2D eigenvalue weighted by Crippen LogP contribution is 2.47. The molecule has 0 radical (unpaired) electrons.